The first kappa shape index (κ1) is 22.3. The number of hydrogen-bond donors (Lipinski definition) is 2. The van der Waals surface area contributed by atoms with Crippen molar-refractivity contribution in [3.63, 3.8) is 0 Å². The molecule has 0 saturated carbocycles. The Labute approximate surface area is 181 Å². The van der Waals surface area contributed by atoms with E-state index >= 15 is 0 Å². The molecule has 0 spiro atoms. The smallest absolute Gasteiger partial charge is 0.261 e. The Kier molecular flexibility index (Phi) is 6.91. The number of nitrogens with one attached hydrogen (secondary N) is 2. The first-order valence-corrected chi connectivity index (χ1v) is 11.1. The molecule has 0 aliphatic heterocycles. The third kappa shape index (κ3) is 6.29. The molecule has 0 aromatic heterocycles. The number of carbonyl (C=O) groups excluding carboxylic acids is 1. The number of ether oxygens (including phenoxy) is 1. The molecule has 0 aliphatic rings. The van der Waals surface area contributed by atoms with Crippen LogP contribution in [0, 0.1) is 19.7 Å². The molecule has 0 saturated heterocycles. The van der Waals surface area contributed by atoms with E-state index in [2.05, 4.69) is 10.0 Å². The first-order chi connectivity index (χ1) is 14.7. The van der Waals surface area contributed by atoms with Gasteiger partial charge in [0.25, 0.3) is 15.9 Å². The molecule has 1 amide bonds. The number of halogens is 1. The third-order valence-corrected chi connectivity index (χ3v) is 5.86. The average Bonchev–Trinajstić information content (AvgIpc) is 2.73. The van der Waals surface area contributed by atoms with E-state index < -0.39 is 15.8 Å². The molecular weight excluding hydrogens is 419 g/mol. The van der Waals surface area contributed by atoms with Crippen molar-refractivity contribution >= 4 is 21.6 Å². The molecule has 0 fully saturated rings. The van der Waals surface area contributed by atoms with Gasteiger partial charge in [0.05, 0.1) is 4.90 Å². The summed E-state index contributed by atoms with van der Waals surface area (Å²) in [6, 6.07) is 17.2. The number of carbonyl (C=O) groups is 1. The monoisotopic (exact) mass is 442 g/mol. The minimum atomic E-state index is -3.85. The SMILES string of the molecule is Cc1cccc(CNC(=O)COc2ccc(S(=O)(=O)Nc3ccc(F)cc3)cc2C)c1. The van der Waals surface area contributed by atoms with E-state index in [-0.39, 0.29) is 23.1 Å². The van der Waals surface area contributed by atoms with Crippen LogP contribution in [0.25, 0.3) is 0 Å². The van der Waals surface area contributed by atoms with E-state index in [9.17, 15) is 17.6 Å². The third-order valence-electron chi connectivity index (χ3n) is 4.48. The Balaban J connectivity index is 1.58. The minimum Gasteiger partial charge on any atom is -0.484 e. The first-order valence-electron chi connectivity index (χ1n) is 9.57. The summed E-state index contributed by atoms with van der Waals surface area (Å²) in [7, 11) is -3.85. The van der Waals surface area contributed by atoms with Gasteiger partial charge in [-0.15, -0.1) is 0 Å². The molecule has 3 aromatic rings. The van der Waals surface area contributed by atoms with Crippen molar-refractivity contribution in [1.82, 2.24) is 5.32 Å². The maximum absolute atomic E-state index is 13.0. The molecule has 8 heteroatoms. The van der Waals surface area contributed by atoms with E-state index in [0.29, 0.717) is 17.9 Å². The maximum atomic E-state index is 13.0. The highest BCUT2D eigenvalue weighted by atomic mass is 32.2. The molecular formula is C23H23FN2O4S. The van der Waals surface area contributed by atoms with Crippen molar-refractivity contribution in [1.29, 1.82) is 0 Å². The molecule has 2 N–H and O–H groups in total. The predicted molar refractivity (Wildman–Crippen MR) is 117 cm³/mol. The highest BCUT2D eigenvalue weighted by molar-refractivity contribution is 7.92. The summed E-state index contributed by atoms with van der Waals surface area (Å²) < 4.78 is 46.0. The van der Waals surface area contributed by atoms with Crippen LogP contribution in [0.4, 0.5) is 10.1 Å². The summed E-state index contributed by atoms with van der Waals surface area (Å²) in [5, 5.41) is 2.79. The summed E-state index contributed by atoms with van der Waals surface area (Å²) in [4.78, 5) is 12.1. The molecule has 162 valence electrons. The molecule has 3 rings (SSSR count). The number of aryl methyl sites for hydroxylation is 2. The molecule has 0 unspecified atom stereocenters. The lowest BCUT2D eigenvalue weighted by Crippen LogP contribution is -2.28. The van der Waals surface area contributed by atoms with Crippen LogP contribution in [-0.4, -0.2) is 20.9 Å². The van der Waals surface area contributed by atoms with Crippen molar-refractivity contribution in [3.8, 4) is 5.75 Å². The lowest BCUT2D eigenvalue weighted by Gasteiger charge is -2.12. The molecule has 0 radical (unpaired) electrons. The van der Waals surface area contributed by atoms with Crippen molar-refractivity contribution in [3.05, 3.63) is 89.2 Å². The van der Waals surface area contributed by atoms with Gasteiger partial charge in [-0.25, -0.2) is 12.8 Å². The maximum Gasteiger partial charge on any atom is 0.261 e. The number of rotatable bonds is 8. The van der Waals surface area contributed by atoms with Gasteiger partial charge >= 0.3 is 0 Å². The van der Waals surface area contributed by atoms with Crippen LogP contribution in [0.15, 0.2) is 71.6 Å². The van der Waals surface area contributed by atoms with Crippen LogP contribution in [0.5, 0.6) is 5.75 Å². The van der Waals surface area contributed by atoms with Gasteiger partial charge in [0.15, 0.2) is 6.61 Å². The Bertz CT molecular complexity index is 1180. The normalized spacial score (nSPS) is 11.1. The van der Waals surface area contributed by atoms with Crippen LogP contribution in [0.3, 0.4) is 0 Å². The van der Waals surface area contributed by atoms with Crippen molar-refractivity contribution < 1.29 is 22.3 Å². The zero-order chi connectivity index (χ0) is 22.4. The van der Waals surface area contributed by atoms with Crippen molar-refractivity contribution in [2.45, 2.75) is 25.3 Å². The van der Waals surface area contributed by atoms with E-state index in [1.54, 1.807) is 6.92 Å². The van der Waals surface area contributed by atoms with Crippen molar-refractivity contribution in [2.75, 3.05) is 11.3 Å². The zero-order valence-electron chi connectivity index (χ0n) is 17.2. The Hall–Kier alpha value is -3.39. The largest absolute Gasteiger partial charge is 0.484 e. The minimum absolute atomic E-state index is 0.0329. The fraction of sp³-hybridized carbons (Fsp3) is 0.174. The molecule has 31 heavy (non-hydrogen) atoms. The van der Waals surface area contributed by atoms with Crippen LogP contribution < -0.4 is 14.8 Å². The summed E-state index contributed by atoms with van der Waals surface area (Å²) in [6.07, 6.45) is 0. The van der Waals surface area contributed by atoms with Gasteiger partial charge in [-0.2, -0.15) is 0 Å². The van der Waals surface area contributed by atoms with Gasteiger partial charge in [0.2, 0.25) is 0 Å². The molecule has 3 aromatic carbocycles. The summed E-state index contributed by atoms with van der Waals surface area (Å²) >= 11 is 0. The molecule has 0 bridgehead atoms. The number of hydrogen-bond acceptors (Lipinski definition) is 4. The van der Waals surface area contributed by atoms with Gasteiger partial charge < -0.3 is 10.1 Å². The Morgan fingerprint density at radius 1 is 1.00 bits per heavy atom. The van der Waals surface area contributed by atoms with E-state index in [4.69, 9.17) is 4.74 Å². The summed E-state index contributed by atoms with van der Waals surface area (Å²) in [5.74, 6) is -0.328. The van der Waals surface area contributed by atoms with Crippen LogP contribution >= 0.6 is 0 Å². The topological polar surface area (TPSA) is 84.5 Å². The second-order valence-electron chi connectivity index (χ2n) is 7.09. The quantitative estimate of drug-likeness (QED) is 0.554. The highest BCUT2D eigenvalue weighted by Crippen LogP contribution is 2.23. The number of anilines is 1. The molecule has 0 heterocycles. The molecule has 6 nitrogen and oxygen atoms in total. The Morgan fingerprint density at radius 2 is 1.74 bits per heavy atom. The summed E-state index contributed by atoms with van der Waals surface area (Å²) in [5.41, 5.74) is 2.92. The van der Waals surface area contributed by atoms with Crippen molar-refractivity contribution in [2.24, 2.45) is 0 Å². The average molecular weight is 443 g/mol. The molecule has 0 aliphatic carbocycles. The van der Waals surface area contributed by atoms with E-state index in [1.807, 2.05) is 31.2 Å². The lowest BCUT2D eigenvalue weighted by molar-refractivity contribution is -0.123. The fourth-order valence-electron chi connectivity index (χ4n) is 2.90. The number of sulfonamides is 1. The van der Waals surface area contributed by atoms with Crippen LogP contribution in [0.1, 0.15) is 16.7 Å². The van der Waals surface area contributed by atoms with Crippen LogP contribution in [-0.2, 0) is 21.4 Å². The van der Waals surface area contributed by atoms with Gasteiger partial charge in [0, 0.05) is 12.2 Å². The highest BCUT2D eigenvalue weighted by Gasteiger charge is 2.16. The second-order valence-corrected chi connectivity index (χ2v) is 8.78. The fourth-order valence-corrected chi connectivity index (χ4v) is 4.04. The molecule has 0 atom stereocenters. The number of benzene rings is 3. The van der Waals surface area contributed by atoms with Gasteiger partial charge in [-0.05, 0) is 67.4 Å². The zero-order valence-corrected chi connectivity index (χ0v) is 18.0. The summed E-state index contributed by atoms with van der Waals surface area (Å²) in [6.45, 7) is 3.88. The second kappa shape index (κ2) is 9.61. The standard InChI is InChI=1S/C23H23FN2O4S/c1-16-4-3-5-18(12-16)14-25-23(27)15-30-22-11-10-21(13-17(22)2)31(28,29)26-20-8-6-19(24)7-9-20/h3-13,26H,14-15H2,1-2H3,(H,25,27). The number of amides is 1. The van der Waals surface area contributed by atoms with E-state index in [1.165, 1.54) is 42.5 Å². The Morgan fingerprint density at radius 3 is 2.42 bits per heavy atom. The predicted octanol–water partition coefficient (Wildman–Crippen LogP) is 3.94. The van der Waals surface area contributed by atoms with Crippen LogP contribution in [0.2, 0.25) is 0 Å². The van der Waals surface area contributed by atoms with Gasteiger partial charge in [-0.1, -0.05) is 29.8 Å². The van der Waals surface area contributed by atoms with E-state index in [0.717, 1.165) is 11.1 Å². The lowest BCUT2D eigenvalue weighted by atomic mass is 10.1. The van der Waals surface area contributed by atoms with Gasteiger partial charge in [0.1, 0.15) is 11.6 Å². The van der Waals surface area contributed by atoms with Gasteiger partial charge in [-0.3, -0.25) is 9.52 Å².